The number of aliphatic hydroxyl groups excluding tert-OH is 1. The molecule has 0 aliphatic rings. The minimum Gasteiger partial charge on any atom is -0.394 e. The average molecular weight is 208 g/mol. The van der Waals surface area contributed by atoms with Crippen molar-refractivity contribution in [2.24, 2.45) is 0 Å². The summed E-state index contributed by atoms with van der Waals surface area (Å²) in [5.41, 5.74) is 1.13. The van der Waals surface area contributed by atoms with Gasteiger partial charge in [0.25, 0.3) is 0 Å². The average Bonchev–Trinajstić information content (AvgIpc) is 2.30. The van der Waals surface area contributed by atoms with Gasteiger partial charge in [-0.2, -0.15) is 0 Å². The number of hydrogen-bond acceptors (Lipinski definition) is 3. The molecule has 1 atom stereocenters. The Morgan fingerprint density at radius 1 is 1.40 bits per heavy atom. The molecule has 0 saturated heterocycles. The van der Waals surface area contributed by atoms with Crippen LogP contribution in [0.2, 0.25) is 0 Å². The standard InChI is InChI=1S/C12H20N2O/c1-3-12(2,10-15)14-9-6-11-4-7-13-8-5-11/h4-5,7-8,14-15H,3,6,9-10H2,1-2H3. The van der Waals surface area contributed by atoms with Gasteiger partial charge in [-0.05, 0) is 44.0 Å². The second-order valence-electron chi connectivity index (χ2n) is 4.10. The van der Waals surface area contributed by atoms with E-state index in [1.165, 1.54) is 5.56 Å². The van der Waals surface area contributed by atoms with Crippen molar-refractivity contribution in [1.29, 1.82) is 0 Å². The molecule has 3 nitrogen and oxygen atoms in total. The molecule has 0 aliphatic carbocycles. The molecule has 0 aliphatic heterocycles. The first-order valence-electron chi connectivity index (χ1n) is 5.45. The van der Waals surface area contributed by atoms with Crippen LogP contribution in [0, 0.1) is 0 Å². The first-order valence-corrected chi connectivity index (χ1v) is 5.45. The van der Waals surface area contributed by atoms with Gasteiger partial charge in [-0.15, -0.1) is 0 Å². The van der Waals surface area contributed by atoms with E-state index in [1.807, 2.05) is 19.1 Å². The minimum atomic E-state index is -0.146. The van der Waals surface area contributed by atoms with Gasteiger partial charge < -0.3 is 10.4 Å². The van der Waals surface area contributed by atoms with Gasteiger partial charge in [-0.25, -0.2) is 0 Å². The highest BCUT2D eigenvalue weighted by Crippen LogP contribution is 2.07. The number of nitrogens with one attached hydrogen (secondary N) is 1. The van der Waals surface area contributed by atoms with Crippen LogP contribution < -0.4 is 5.32 Å². The molecule has 0 spiro atoms. The van der Waals surface area contributed by atoms with Crippen molar-refractivity contribution < 1.29 is 5.11 Å². The summed E-state index contributed by atoms with van der Waals surface area (Å²) in [6, 6.07) is 4.04. The van der Waals surface area contributed by atoms with E-state index in [4.69, 9.17) is 0 Å². The van der Waals surface area contributed by atoms with E-state index in [1.54, 1.807) is 12.4 Å². The van der Waals surface area contributed by atoms with Gasteiger partial charge in [-0.3, -0.25) is 4.98 Å². The maximum atomic E-state index is 9.21. The van der Waals surface area contributed by atoms with Crippen LogP contribution in [0.15, 0.2) is 24.5 Å². The third-order valence-electron chi connectivity index (χ3n) is 2.84. The zero-order valence-corrected chi connectivity index (χ0v) is 9.53. The summed E-state index contributed by atoms with van der Waals surface area (Å²) in [5, 5.41) is 12.6. The zero-order chi connectivity index (χ0) is 11.1. The molecule has 0 aromatic carbocycles. The van der Waals surface area contributed by atoms with Crippen molar-refractivity contribution in [2.75, 3.05) is 13.2 Å². The second kappa shape index (κ2) is 5.83. The molecule has 0 amide bonds. The lowest BCUT2D eigenvalue weighted by Crippen LogP contribution is -2.45. The smallest absolute Gasteiger partial charge is 0.0610 e. The fourth-order valence-corrected chi connectivity index (χ4v) is 1.35. The van der Waals surface area contributed by atoms with E-state index in [0.717, 1.165) is 19.4 Å². The summed E-state index contributed by atoms with van der Waals surface area (Å²) in [5.74, 6) is 0. The summed E-state index contributed by atoms with van der Waals surface area (Å²) >= 11 is 0. The Kier molecular flexibility index (Phi) is 4.72. The zero-order valence-electron chi connectivity index (χ0n) is 9.53. The molecule has 1 aromatic heterocycles. The van der Waals surface area contributed by atoms with E-state index in [2.05, 4.69) is 17.2 Å². The summed E-state index contributed by atoms with van der Waals surface area (Å²) in [6.45, 7) is 5.18. The minimum absolute atomic E-state index is 0.146. The van der Waals surface area contributed by atoms with Crippen LogP contribution in [0.1, 0.15) is 25.8 Å². The molecular formula is C12H20N2O. The van der Waals surface area contributed by atoms with Crippen LogP contribution in [-0.4, -0.2) is 28.8 Å². The maximum Gasteiger partial charge on any atom is 0.0610 e. The third kappa shape index (κ3) is 3.98. The molecular weight excluding hydrogens is 188 g/mol. The third-order valence-corrected chi connectivity index (χ3v) is 2.84. The van der Waals surface area contributed by atoms with Gasteiger partial charge >= 0.3 is 0 Å². The first kappa shape index (κ1) is 12.1. The monoisotopic (exact) mass is 208 g/mol. The van der Waals surface area contributed by atoms with E-state index < -0.39 is 0 Å². The normalized spacial score (nSPS) is 14.9. The Balaban J connectivity index is 2.33. The predicted octanol–water partition coefficient (Wildman–Crippen LogP) is 1.37. The van der Waals surface area contributed by atoms with E-state index in [0.29, 0.717) is 0 Å². The Hall–Kier alpha value is -0.930. The summed E-state index contributed by atoms with van der Waals surface area (Å²) in [6.07, 6.45) is 5.51. The van der Waals surface area contributed by atoms with Gasteiger partial charge in [0.1, 0.15) is 0 Å². The molecule has 15 heavy (non-hydrogen) atoms. The Morgan fingerprint density at radius 2 is 2.07 bits per heavy atom. The van der Waals surface area contributed by atoms with Crippen molar-refractivity contribution >= 4 is 0 Å². The van der Waals surface area contributed by atoms with Crippen LogP contribution in [0.4, 0.5) is 0 Å². The number of pyridine rings is 1. The van der Waals surface area contributed by atoms with Crippen LogP contribution >= 0.6 is 0 Å². The van der Waals surface area contributed by atoms with Crippen molar-refractivity contribution in [2.45, 2.75) is 32.2 Å². The van der Waals surface area contributed by atoms with Crippen molar-refractivity contribution in [3.63, 3.8) is 0 Å². The molecule has 0 bridgehead atoms. The van der Waals surface area contributed by atoms with Crippen molar-refractivity contribution in [3.05, 3.63) is 30.1 Å². The Labute approximate surface area is 91.5 Å². The number of nitrogens with zero attached hydrogens (tertiary/aromatic N) is 1. The van der Waals surface area contributed by atoms with Crippen LogP contribution in [0.25, 0.3) is 0 Å². The number of aromatic nitrogens is 1. The Morgan fingerprint density at radius 3 is 2.60 bits per heavy atom. The molecule has 3 heteroatoms. The molecule has 0 fully saturated rings. The molecule has 84 valence electrons. The molecule has 1 aromatic rings. The number of hydrogen-bond donors (Lipinski definition) is 2. The predicted molar refractivity (Wildman–Crippen MR) is 61.7 cm³/mol. The van der Waals surface area contributed by atoms with Crippen molar-refractivity contribution in [3.8, 4) is 0 Å². The molecule has 1 heterocycles. The summed E-state index contributed by atoms with van der Waals surface area (Å²) in [7, 11) is 0. The highest BCUT2D eigenvalue weighted by molar-refractivity contribution is 5.10. The fourth-order valence-electron chi connectivity index (χ4n) is 1.35. The Bertz CT molecular complexity index is 270. The highest BCUT2D eigenvalue weighted by Gasteiger charge is 2.18. The largest absolute Gasteiger partial charge is 0.394 e. The van der Waals surface area contributed by atoms with E-state index in [9.17, 15) is 5.11 Å². The molecule has 0 radical (unpaired) electrons. The van der Waals surface area contributed by atoms with Crippen LogP contribution in [-0.2, 0) is 6.42 Å². The lowest BCUT2D eigenvalue weighted by Gasteiger charge is -2.27. The molecule has 1 rings (SSSR count). The van der Waals surface area contributed by atoms with Crippen molar-refractivity contribution in [1.82, 2.24) is 10.3 Å². The molecule has 1 unspecified atom stereocenters. The number of aliphatic hydroxyl groups is 1. The first-order chi connectivity index (χ1) is 7.20. The van der Waals surface area contributed by atoms with Gasteiger partial charge in [0.05, 0.1) is 6.61 Å². The fraction of sp³-hybridized carbons (Fsp3) is 0.583. The van der Waals surface area contributed by atoms with Gasteiger partial charge in [0.15, 0.2) is 0 Å². The van der Waals surface area contributed by atoms with Crippen LogP contribution in [0.3, 0.4) is 0 Å². The maximum absolute atomic E-state index is 9.21. The SMILES string of the molecule is CCC(C)(CO)NCCc1ccncc1. The summed E-state index contributed by atoms with van der Waals surface area (Å²) in [4.78, 5) is 3.97. The van der Waals surface area contributed by atoms with E-state index >= 15 is 0 Å². The van der Waals surface area contributed by atoms with Crippen LogP contribution in [0.5, 0.6) is 0 Å². The quantitative estimate of drug-likeness (QED) is 0.742. The number of rotatable bonds is 6. The second-order valence-corrected chi connectivity index (χ2v) is 4.10. The van der Waals surface area contributed by atoms with Gasteiger partial charge in [0.2, 0.25) is 0 Å². The molecule has 2 N–H and O–H groups in total. The summed E-state index contributed by atoms with van der Waals surface area (Å²) < 4.78 is 0. The van der Waals surface area contributed by atoms with Gasteiger partial charge in [0, 0.05) is 17.9 Å². The lowest BCUT2D eigenvalue weighted by molar-refractivity contribution is 0.171. The topological polar surface area (TPSA) is 45.1 Å². The van der Waals surface area contributed by atoms with Gasteiger partial charge in [-0.1, -0.05) is 6.92 Å². The lowest BCUT2D eigenvalue weighted by atomic mass is 10.00. The highest BCUT2D eigenvalue weighted by atomic mass is 16.3. The molecule has 0 saturated carbocycles. The van der Waals surface area contributed by atoms with E-state index in [-0.39, 0.29) is 12.1 Å².